The molecular formula is C42H49N3O5. The van der Waals surface area contributed by atoms with Crippen molar-refractivity contribution in [3.05, 3.63) is 125 Å². The lowest BCUT2D eigenvalue weighted by Crippen LogP contribution is -2.42. The van der Waals surface area contributed by atoms with E-state index in [0.29, 0.717) is 34.9 Å². The predicted octanol–water partition coefficient (Wildman–Crippen LogP) is 8.74. The summed E-state index contributed by atoms with van der Waals surface area (Å²) in [6.45, 7) is 9.70. The van der Waals surface area contributed by atoms with Crippen LogP contribution in [0.15, 0.2) is 103 Å². The highest BCUT2D eigenvalue weighted by molar-refractivity contribution is 5.89. The highest BCUT2D eigenvalue weighted by Gasteiger charge is 2.50. The Hall–Kier alpha value is -4.21. The molecule has 7 rings (SSSR count). The van der Waals surface area contributed by atoms with E-state index in [1.807, 2.05) is 91.0 Å². The van der Waals surface area contributed by atoms with Crippen molar-refractivity contribution in [3.8, 4) is 11.5 Å². The van der Waals surface area contributed by atoms with Gasteiger partial charge in [-0.3, -0.25) is 4.90 Å². The van der Waals surface area contributed by atoms with Crippen molar-refractivity contribution in [2.45, 2.75) is 84.1 Å². The van der Waals surface area contributed by atoms with Crippen LogP contribution in [0.3, 0.4) is 0 Å². The Labute approximate surface area is 295 Å². The fourth-order valence-electron chi connectivity index (χ4n) is 8.47. The summed E-state index contributed by atoms with van der Waals surface area (Å²) in [6.07, 6.45) is 3.92. The van der Waals surface area contributed by atoms with Crippen LogP contribution in [-0.4, -0.2) is 41.3 Å². The SMILES string of the molecule is CC1(C)CC2CC(C)(CN2C[C@@H]2C[C@H](c3ccc(CO)cc3)O[C@H](c3ccc(CNC(=O)Nc4ccc(Oc5ccccc5)cc4)cc3)O2)C1. The van der Waals surface area contributed by atoms with Crippen LogP contribution >= 0.6 is 0 Å². The average molecular weight is 676 g/mol. The van der Waals surface area contributed by atoms with Crippen LogP contribution in [0, 0.1) is 10.8 Å². The molecule has 2 amide bonds. The second-order valence-corrected chi connectivity index (χ2v) is 15.5. The summed E-state index contributed by atoms with van der Waals surface area (Å²) >= 11 is 0. The molecule has 5 atom stereocenters. The van der Waals surface area contributed by atoms with E-state index in [1.165, 1.54) is 19.3 Å². The molecule has 2 saturated heterocycles. The zero-order chi connectivity index (χ0) is 34.7. The number of aliphatic hydroxyl groups excluding tert-OH is 1. The number of urea groups is 1. The number of hydrogen-bond donors (Lipinski definition) is 3. The quantitative estimate of drug-likeness (QED) is 0.156. The molecule has 4 aromatic carbocycles. The third kappa shape index (κ3) is 8.38. The fourth-order valence-corrected chi connectivity index (χ4v) is 8.47. The number of benzene rings is 4. The first-order valence-corrected chi connectivity index (χ1v) is 17.8. The van der Waals surface area contributed by atoms with Crippen molar-refractivity contribution < 1.29 is 24.1 Å². The van der Waals surface area contributed by atoms with Crippen LogP contribution in [0.4, 0.5) is 10.5 Å². The molecule has 2 aliphatic heterocycles. The van der Waals surface area contributed by atoms with Crippen molar-refractivity contribution in [3.63, 3.8) is 0 Å². The van der Waals surface area contributed by atoms with Crippen molar-refractivity contribution in [2.75, 3.05) is 18.4 Å². The van der Waals surface area contributed by atoms with Gasteiger partial charge in [0.25, 0.3) is 0 Å². The highest BCUT2D eigenvalue weighted by atomic mass is 16.7. The van der Waals surface area contributed by atoms with Gasteiger partial charge in [0.2, 0.25) is 0 Å². The molecule has 50 heavy (non-hydrogen) atoms. The molecule has 2 bridgehead atoms. The summed E-state index contributed by atoms with van der Waals surface area (Å²) in [5.74, 6) is 1.46. The minimum absolute atomic E-state index is 0.0198. The van der Waals surface area contributed by atoms with Gasteiger partial charge < -0.3 is 30.0 Å². The van der Waals surface area contributed by atoms with E-state index in [0.717, 1.165) is 47.5 Å². The molecule has 1 aliphatic carbocycles. The Morgan fingerprint density at radius 3 is 2.24 bits per heavy atom. The van der Waals surface area contributed by atoms with Crippen LogP contribution in [0.5, 0.6) is 11.5 Å². The zero-order valence-corrected chi connectivity index (χ0v) is 29.3. The first-order valence-electron chi connectivity index (χ1n) is 17.8. The molecule has 0 spiro atoms. The smallest absolute Gasteiger partial charge is 0.319 e. The Balaban J connectivity index is 0.972. The molecule has 4 aromatic rings. The first kappa shape index (κ1) is 34.2. The molecule has 3 N–H and O–H groups in total. The Kier molecular flexibility index (Phi) is 9.98. The Morgan fingerprint density at radius 2 is 1.52 bits per heavy atom. The summed E-state index contributed by atoms with van der Waals surface area (Å²) < 4.78 is 19.2. The topological polar surface area (TPSA) is 92.3 Å². The number of amides is 2. The first-order chi connectivity index (χ1) is 24.1. The summed E-state index contributed by atoms with van der Waals surface area (Å²) in [5, 5.41) is 15.4. The van der Waals surface area contributed by atoms with E-state index in [4.69, 9.17) is 14.2 Å². The lowest BCUT2D eigenvalue weighted by molar-refractivity contribution is -0.253. The number of fused-ring (bicyclic) bond motifs is 2. The minimum Gasteiger partial charge on any atom is -0.457 e. The number of nitrogens with one attached hydrogen (secondary N) is 2. The van der Waals surface area contributed by atoms with Crippen molar-refractivity contribution in [1.82, 2.24) is 10.2 Å². The van der Waals surface area contributed by atoms with Crippen molar-refractivity contribution in [2.24, 2.45) is 10.8 Å². The number of hydrogen-bond acceptors (Lipinski definition) is 6. The predicted molar refractivity (Wildman–Crippen MR) is 195 cm³/mol. The van der Waals surface area contributed by atoms with Gasteiger partial charge in [0.05, 0.1) is 18.8 Å². The number of para-hydroxylation sites is 1. The third-order valence-corrected chi connectivity index (χ3v) is 10.4. The molecule has 0 radical (unpaired) electrons. The maximum atomic E-state index is 12.7. The number of aliphatic hydroxyl groups is 1. The molecule has 1 saturated carbocycles. The van der Waals surface area contributed by atoms with E-state index in [2.05, 4.69) is 48.4 Å². The van der Waals surface area contributed by atoms with E-state index in [9.17, 15) is 9.90 Å². The molecule has 2 heterocycles. The van der Waals surface area contributed by atoms with Gasteiger partial charge in [-0.25, -0.2) is 4.79 Å². The molecule has 0 aromatic heterocycles. The molecule has 8 nitrogen and oxygen atoms in total. The number of ether oxygens (including phenoxy) is 3. The van der Waals surface area contributed by atoms with Gasteiger partial charge in [-0.2, -0.15) is 0 Å². The standard InChI is InChI=1S/C42H49N3O5/c1-41(2)22-34-23-42(3,27-41)28-45(34)25-37-21-38(31-13-11-30(26-46)12-14-31)50-39(49-37)32-15-9-29(10-16-32)24-43-40(47)44-33-17-19-36(20-18-33)48-35-7-5-4-6-8-35/h4-20,34,37-39,46H,21-28H2,1-3H3,(H2,43,44,47)/t34?,37-,38+,39+,42?/m0/s1. The van der Waals surface area contributed by atoms with Gasteiger partial charge in [-0.1, -0.05) is 87.5 Å². The summed E-state index contributed by atoms with van der Waals surface area (Å²) in [6, 6.07) is 33.3. The van der Waals surface area contributed by atoms with Crippen LogP contribution in [-0.2, 0) is 22.6 Å². The van der Waals surface area contributed by atoms with Gasteiger partial charge in [0.1, 0.15) is 11.5 Å². The molecule has 2 unspecified atom stereocenters. The van der Waals surface area contributed by atoms with Crippen LogP contribution in [0.1, 0.15) is 81.1 Å². The van der Waals surface area contributed by atoms with E-state index in [-0.39, 0.29) is 24.8 Å². The molecule has 8 heteroatoms. The van der Waals surface area contributed by atoms with Crippen molar-refractivity contribution in [1.29, 1.82) is 0 Å². The average Bonchev–Trinajstić information content (AvgIpc) is 3.35. The van der Waals surface area contributed by atoms with Gasteiger partial charge >= 0.3 is 6.03 Å². The van der Waals surface area contributed by atoms with Gasteiger partial charge in [-0.15, -0.1) is 0 Å². The number of carbonyl (C=O) groups excluding carboxylic acids is 1. The monoisotopic (exact) mass is 675 g/mol. The second kappa shape index (κ2) is 14.6. The van der Waals surface area contributed by atoms with Gasteiger partial charge in [-0.05, 0) is 83.2 Å². The number of nitrogens with zero attached hydrogens (tertiary/aromatic N) is 1. The highest BCUT2D eigenvalue weighted by Crippen LogP contribution is 2.53. The number of likely N-dealkylation sites (tertiary alicyclic amines) is 1. The zero-order valence-electron chi connectivity index (χ0n) is 29.3. The van der Waals surface area contributed by atoms with Gasteiger partial charge in [0, 0.05) is 43.3 Å². The summed E-state index contributed by atoms with van der Waals surface area (Å²) in [7, 11) is 0. The Bertz CT molecular complexity index is 1730. The second-order valence-electron chi connectivity index (χ2n) is 15.5. The maximum Gasteiger partial charge on any atom is 0.319 e. The lowest BCUT2D eigenvalue weighted by Gasteiger charge is -2.41. The normalized spacial score (nSPS) is 25.9. The van der Waals surface area contributed by atoms with E-state index < -0.39 is 6.29 Å². The maximum absolute atomic E-state index is 12.7. The van der Waals surface area contributed by atoms with Crippen LogP contribution in [0.25, 0.3) is 0 Å². The van der Waals surface area contributed by atoms with Crippen molar-refractivity contribution >= 4 is 11.7 Å². The fraction of sp³-hybridized carbons (Fsp3) is 0.405. The number of anilines is 1. The van der Waals surface area contributed by atoms with E-state index >= 15 is 0 Å². The molecular weight excluding hydrogens is 626 g/mol. The number of rotatable bonds is 10. The molecule has 262 valence electrons. The lowest BCUT2D eigenvalue weighted by atomic mass is 9.65. The van der Waals surface area contributed by atoms with Crippen LogP contribution in [0.2, 0.25) is 0 Å². The Morgan fingerprint density at radius 1 is 0.840 bits per heavy atom. The minimum atomic E-state index is -0.510. The molecule has 3 fully saturated rings. The van der Waals surface area contributed by atoms with Gasteiger partial charge in [0.15, 0.2) is 6.29 Å². The van der Waals surface area contributed by atoms with E-state index in [1.54, 1.807) is 0 Å². The summed E-state index contributed by atoms with van der Waals surface area (Å²) in [4.78, 5) is 15.4. The number of carbonyl (C=O) groups is 1. The summed E-state index contributed by atoms with van der Waals surface area (Å²) in [5.41, 5.74) is 5.31. The third-order valence-electron chi connectivity index (χ3n) is 10.4. The molecule has 3 aliphatic rings. The van der Waals surface area contributed by atoms with Crippen LogP contribution < -0.4 is 15.4 Å². The largest absolute Gasteiger partial charge is 0.457 e.